The van der Waals surface area contributed by atoms with Crippen molar-refractivity contribution in [2.45, 2.75) is 52.2 Å². The lowest BCUT2D eigenvalue weighted by Gasteiger charge is -2.13. The number of hydrogen-bond acceptors (Lipinski definition) is 4. The van der Waals surface area contributed by atoms with Crippen molar-refractivity contribution in [3.63, 3.8) is 0 Å². The fraction of sp³-hybridized carbons (Fsp3) is 0.588. The highest BCUT2D eigenvalue weighted by Gasteiger charge is 2.15. The molecule has 2 heterocycles. The summed E-state index contributed by atoms with van der Waals surface area (Å²) in [7, 11) is 0. The maximum atomic E-state index is 12.7. The van der Waals surface area contributed by atoms with Crippen LogP contribution in [0.25, 0.3) is 11.0 Å². The Labute approximate surface area is 146 Å². The third-order valence-electron chi connectivity index (χ3n) is 3.57. The number of H-pyrrole nitrogens is 1. The molecule has 0 aliphatic carbocycles. The zero-order valence-corrected chi connectivity index (χ0v) is 15.6. The minimum Gasteiger partial charge on any atom is -0.355 e. The second kappa shape index (κ2) is 8.37. The standard InChI is InChI=1S/C17H26N4O2S/c1-5-6-7-18-14(22)10-24-17-20-13-8-12(4)19-15(13)16(23)21(17)9-11(2)3/h8,11,19H,5-7,9-10H2,1-4H3,(H,18,22). The highest BCUT2D eigenvalue weighted by atomic mass is 32.2. The monoisotopic (exact) mass is 350 g/mol. The highest BCUT2D eigenvalue weighted by molar-refractivity contribution is 7.99. The summed E-state index contributed by atoms with van der Waals surface area (Å²) in [6, 6.07) is 1.86. The Morgan fingerprint density at radius 2 is 2.21 bits per heavy atom. The van der Waals surface area contributed by atoms with Gasteiger partial charge in [-0.15, -0.1) is 0 Å². The SMILES string of the molecule is CCCCNC(=O)CSc1nc2cc(C)[nH]c2c(=O)n1CC(C)C. The maximum absolute atomic E-state index is 12.7. The zero-order valence-electron chi connectivity index (χ0n) is 14.8. The highest BCUT2D eigenvalue weighted by Crippen LogP contribution is 2.19. The number of carbonyl (C=O) groups excluding carboxylic acids is 1. The van der Waals surface area contributed by atoms with E-state index in [1.54, 1.807) is 4.57 Å². The van der Waals surface area contributed by atoms with Gasteiger partial charge in [-0.3, -0.25) is 14.2 Å². The average Bonchev–Trinajstić information content (AvgIpc) is 2.89. The van der Waals surface area contributed by atoms with Gasteiger partial charge in [0, 0.05) is 18.8 Å². The van der Waals surface area contributed by atoms with E-state index < -0.39 is 0 Å². The first kappa shape index (κ1) is 18.6. The summed E-state index contributed by atoms with van der Waals surface area (Å²) in [6.45, 7) is 9.38. The molecule has 0 aliphatic heterocycles. The molecule has 0 bridgehead atoms. The predicted molar refractivity (Wildman–Crippen MR) is 98.6 cm³/mol. The number of rotatable bonds is 8. The fourth-order valence-corrected chi connectivity index (χ4v) is 3.27. The number of hydrogen-bond donors (Lipinski definition) is 2. The van der Waals surface area contributed by atoms with Gasteiger partial charge in [-0.05, 0) is 25.3 Å². The molecule has 0 aromatic carbocycles. The molecule has 0 atom stereocenters. The van der Waals surface area contributed by atoms with E-state index in [1.165, 1.54) is 11.8 Å². The minimum atomic E-state index is -0.0734. The Balaban J connectivity index is 2.23. The van der Waals surface area contributed by atoms with Crippen LogP contribution in [0.3, 0.4) is 0 Å². The van der Waals surface area contributed by atoms with Gasteiger partial charge < -0.3 is 10.3 Å². The Kier molecular flexibility index (Phi) is 6.48. The number of aryl methyl sites for hydroxylation is 1. The van der Waals surface area contributed by atoms with E-state index in [9.17, 15) is 9.59 Å². The number of fused-ring (bicyclic) bond motifs is 1. The number of nitrogens with zero attached hydrogens (tertiary/aromatic N) is 2. The van der Waals surface area contributed by atoms with E-state index in [2.05, 4.69) is 36.1 Å². The van der Waals surface area contributed by atoms with Crippen LogP contribution in [0.15, 0.2) is 16.0 Å². The van der Waals surface area contributed by atoms with Crippen molar-refractivity contribution in [1.82, 2.24) is 19.9 Å². The van der Waals surface area contributed by atoms with Crippen molar-refractivity contribution in [2.24, 2.45) is 5.92 Å². The van der Waals surface area contributed by atoms with Gasteiger partial charge in [0.2, 0.25) is 5.91 Å². The quantitative estimate of drug-likeness (QED) is 0.436. The molecule has 0 saturated heterocycles. The van der Waals surface area contributed by atoms with E-state index in [-0.39, 0.29) is 17.2 Å². The number of unbranched alkanes of at least 4 members (excludes halogenated alkanes) is 1. The van der Waals surface area contributed by atoms with Crippen LogP contribution < -0.4 is 10.9 Å². The lowest BCUT2D eigenvalue weighted by Crippen LogP contribution is -2.28. The maximum Gasteiger partial charge on any atom is 0.278 e. The summed E-state index contributed by atoms with van der Waals surface area (Å²) in [5.41, 5.74) is 2.03. The van der Waals surface area contributed by atoms with Crippen LogP contribution in [0.5, 0.6) is 0 Å². The second-order valence-electron chi connectivity index (χ2n) is 6.41. The molecule has 0 radical (unpaired) electrons. The molecule has 6 nitrogen and oxygen atoms in total. The Hall–Kier alpha value is -1.76. The van der Waals surface area contributed by atoms with Crippen LogP contribution in [-0.2, 0) is 11.3 Å². The minimum absolute atomic E-state index is 0.0239. The molecule has 2 rings (SSSR count). The van der Waals surface area contributed by atoms with E-state index in [0.29, 0.717) is 35.2 Å². The Bertz CT molecular complexity index is 764. The van der Waals surface area contributed by atoms with E-state index in [4.69, 9.17) is 0 Å². The molecule has 0 fully saturated rings. The Morgan fingerprint density at radius 3 is 2.88 bits per heavy atom. The van der Waals surface area contributed by atoms with Gasteiger partial charge >= 0.3 is 0 Å². The molecule has 0 unspecified atom stereocenters. The van der Waals surface area contributed by atoms with Crippen LogP contribution >= 0.6 is 11.8 Å². The van der Waals surface area contributed by atoms with Crippen LogP contribution in [0.1, 0.15) is 39.3 Å². The summed E-state index contributed by atoms with van der Waals surface area (Å²) < 4.78 is 1.67. The summed E-state index contributed by atoms with van der Waals surface area (Å²) in [5.74, 6) is 0.559. The second-order valence-corrected chi connectivity index (χ2v) is 7.35. The zero-order chi connectivity index (χ0) is 17.7. The van der Waals surface area contributed by atoms with Crippen LogP contribution in [0.4, 0.5) is 0 Å². The van der Waals surface area contributed by atoms with E-state index >= 15 is 0 Å². The molecule has 0 aliphatic rings. The van der Waals surface area contributed by atoms with Crippen molar-refractivity contribution < 1.29 is 4.79 Å². The molecular weight excluding hydrogens is 324 g/mol. The summed E-state index contributed by atoms with van der Waals surface area (Å²) in [4.78, 5) is 32.3. The molecule has 2 N–H and O–H groups in total. The van der Waals surface area contributed by atoms with Gasteiger partial charge in [0.15, 0.2) is 5.16 Å². The number of carbonyl (C=O) groups is 1. The van der Waals surface area contributed by atoms with E-state index in [0.717, 1.165) is 18.5 Å². The first-order chi connectivity index (χ1) is 11.4. The Morgan fingerprint density at radius 1 is 1.46 bits per heavy atom. The van der Waals surface area contributed by atoms with E-state index in [1.807, 2.05) is 13.0 Å². The van der Waals surface area contributed by atoms with Crippen LogP contribution in [0, 0.1) is 12.8 Å². The van der Waals surface area contributed by atoms with Crippen molar-refractivity contribution in [3.8, 4) is 0 Å². The fourth-order valence-electron chi connectivity index (χ4n) is 2.43. The lowest BCUT2D eigenvalue weighted by molar-refractivity contribution is -0.118. The third-order valence-corrected chi connectivity index (χ3v) is 4.55. The normalized spacial score (nSPS) is 11.4. The topological polar surface area (TPSA) is 79.8 Å². The van der Waals surface area contributed by atoms with Crippen LogP contribution in [-0.4, -0.2) is 32.7 Å². The predicted octanol–water partition coefficient (Wildman–Crippen LogP) is 2.70. The molecule has 24 heavy (non-hydrogen) atoms. The molecular formula is C17H26N4O2S. The third kappa shape index (κ3) is 4.63. The smallest absolute Gasteiger partial charge is 0.278 e. The number of nitrogens with one attached hydrogen (secondary N) is 2. The summed E-state index contributed by atoms with van der Waals surface area (Å²) in [6.07, 6.45) is 2.02. The van der Waals surface area contributed by atoms with Gasteiger partial charge in [-0.1, -0.05) is 39.0 Å². The summed E-state index contributed by atoms with van der Waals surface area (Å²) >= 11 is 1.32. The number of aromatic amines is 1. The number of aromatic nitrogens is 3. The number of amides is 1. The van der Waals surface area contributed by atoms with Gasteiger partial charge in [0.1, 0.15) is 5.52 Å². The molecule has 0 saturated carbocycles. The van der Waals surface area contributed by atoms with Crippen molar-refractivity contribution >= 4 is 28.7 Å². The summed E-state index contributed by atoms with van der Waals surface area (Å²) in [5, 5.41) is 3.49. The lowest BCUT2D eigenvalue weighted by atomic mass is 10.2. The van der Waals surface area contributed by atoms with Crippen LogP contribution in [0.2, 0.25) is 0 Å². The molecule has 0 spiro atoms. The van der Waals surface area contributed by atoms with Crippen molar-refractivity contribution in [1.29, 1.82) is 0 Å². The van der Waals surface area contributed by atoms with Gasteiger partial charge in [0.05, 0.1) is 11.3 Å². The molecule has 132 valence electrons. The van der Waals surface area contributed by atoms with Gasteiger partial charge in [0.25, 0.3) is 5.56 Å². The first-order valence-corrected chi connectivity index (χ1v) is 9.40. The van der Waals surface area contributed by atoms with Crippen molar-refractivity contribution in [2.75, 3.05) is 12.3 Å². The largest absolute Gasteiger partial charge is 0.355 e. The average molecular weight is 350 g/mol. The molecule has 1 amide bonds. The van der Waals surface area contributed by atoms with Gasteiger partial charge in [-0.25, -0.2) is 4.98 Å². The van der Waals surface area contributed by atoms with Crippen molar-refractivity contribution in [3.05, 3.63) is 22.1 Å². The number of thioether (sulfide) groups is 1. The molecule has 2 aromatic heterocycles. The molecule has 7 heteroatoms. The first-order valence-electron chi connectivity index (χ1n) is 8.42. The molecule has 2 aromatic rings. The van der Waals surface area contributed by atoms with Gasteiger partial charge in [-0.2, -0.15) is 0 Å².